The van der Waals surface area contributed by atoms with E-state index in [-0.39, 0.29) is 0 Å². The number of unbranched alkanes of at least 4 members (excludes halogenated alkanes) is 2. The first kappa shape index (κ1) is 9.80. The molecule has 0 aromatic rings. The second kappa shape index (κ2) is 4.59. The third-order valence-corrected chi connectivity index (χ3v) is 2.25. The molecule has 0 unspecified atom stereocenters. The number of hydrogen-bond donors (Lipinski definition) is 0. The summed E-state index contributed by atoms with van der Waals surface area (Å²) >= 11 is 1.41. The molecule has 0 bridgehead atoms. The molecular weight excluding hydrogens is 215 g/mol. The molecule has 0 nitrogen and oxygen atoms in total. The van der Waals surface area contributed by atoms with Crippen molar-refractivity contribution in [2.75, 3.05) is 0 Å². The molecule has 0 saturated heterocycles. The first-order valence-corrected chi connectivity index (χ1v) is 5.50. The van der Waals surface area contributed by atoms with E-state index in [0.717, 1.165) is 0 Å². The molecule has 9 heavy (non-hydrogen) atoms. The summed E-state index contributed by atoms with van der Waals surface area (Å²) in [7, 11) is 0. The molecule has 0 rings (SSSR count). The van der Waals surface area contributed by atoms with Crippen LogP contribution in [-0.2, 0) is 0 Å². The van der Waals surface area contributed by atoms with E-state index >= 15 is 0 Å². The quantitative estimate of drug-likeness (QED) is 0.517. The minimum atomic E-state index is 0.681. The summed E-state index contributed by atoms with van der Waals surface area (Å²) in [6.45, 7) is 7.00. The third kappa shape index (κ3) is 8.80. The van der Waals surface area contributed by atoms with Gasteiger partial charge in [-0.05, 0) is 0 Å². The van der Waals surface area contributed by atoms with Gasteiger partial charge in [0.2, 0.25) is 0 Å². The Bertz CT molecular complexity index is 61.5. The van der Waals surface area contributed by atoms with E-state index in [4.69, 9.17) is 0 Å². The minimum absolute atomic E-state index is 0.681. The van der Waals surface area contributed by atoms with E-state index in [9.17, 15) is 0 Å². The van der Waals surface area contributed by atoms with Crippen LogP contribution in [0.25, 0.3) is 0 Å². The van der Waals surface area contributed by atoms with E-state index in [1.54, 1.807) is 0 Å². The van der Waals surface area contributed by atoms with Crippen molar-refractivity contribution in [3.8, 4) is 0 Å². The standard InChI is InChI=1S/C8H17.Sn.H/c1-4-5-6-7-8(2)3;;/h4-7H2,1-3H3;;. The zero-order chi connectivity index (χ0) is 7.33. The van der Waals surface area contributed by atoms with Gasteiger partial charge in [0.1, 0.15) is 0 Å². The Labute approximate surface area is 72.5 Å². The molecule has 0 aromatic carbocycles. The van der Waals surface area contributed by atoms with Gasteiger partial charge in [-0.3, -0.25) is 0 Å². The fourth-order valence-electron chi connectivity index (χ4n) is 0.831. The summed E-state index contributed by atoms with van der Waals surface area (Å²) in [5.74, 6) is 0. The second-order valence-electron chi connectivity index (χ2n) is 3.45. The Hall–Kier alpha value is 0.799. The molecule has 0 amide bonds. The molecular formula is C8H18Sn. The molecule has 1 heteroatoms. The normalized spacial score (nSPS) is 12.0. The van der Waals surface area contributed by atoms with Gasteiger partial charge < -0.3 is 0 Å². The second-order valence-corrected chi connectivity index (χ2v) is 7.91. The maximum atomic E-state index is 2.37. The summed E-state index contributed by atoms with van der Waals surface area (Å²) in [5, 5.41) is 0. The molecule has 0 aromatic heterocycles. The first-order valence-electron chi connectivity index (χ1n) is 3.85. The van der Waals surface area contributed by atoms with E-state index in [0.29, 0.717) is 3.43 Å². The predicted octanol–water partition coefficient (Wildman–Crippen LogP) is 2.67. The molecule has 0 aliphatic carbocycles. The van der Waals surface area contributed by atoms with Gasteiger partial charge in [-0.1, -0.05) is 0 Å². The van der Waals surface area contributed by atoms with Crippen molar-refractivity contribution >= 4 is 22.5 Å². The van der Waals surface area contributed by atoms with Crippen LogP contribution in [0.15, 0.2) is 0 Å². The average Bonchev–Trinajstić information content (AvgIpc) is 1.63. The van der Waals surface area contributed by atoms with Crippen LogP contribution in [-0.4, -0.2) is 22.5 Å². The van der Waals surface area contributed by atoms with Crippen molar-refractivity contribution in [3.63, 3.8) is 0 Å². The number of rotatable bonds is 4. The zero-order valence-corrected chi connectivity index (χ0v) is 10.2. The Morgan fingerprint density at radius 2 is 1.78 bits per heavy atom. The fraction of sp³-hybridized carbons (Fsp3) is 1.00. The topological polar surface area (TPSA) is 0 Å². The van der Waals surface area contributed by atoms with Crippen molar-refractivity contribution in [2.24, 2.45) is 0 Å². The van der Waals surface area contributed by atoms with Crippen LogP contribution < -0.4 is 0 Å². The molecule has 0 heterocycles. The Morgan fingerprint density at radius 3 is 2.11 bits per heavy atom. The Balaban J connectivity index is 3.07. The van der Waals surface area contributed by atoms with Crippen LogP contribution in [0, 0.1) is 0 Å². The molecule has 0 N–H and O–H groups in total. The molecule has 54 valence electrons. The van der Waals surface area contributed by atoms with Gasteiger partial charge in [-0.15, -0.1) is 0 Å². The average molecular weight is 233 g/mol. The maximum absolute atomic E-state index is 2.37. The molecule has 0 spiro atoms. The summed E-state index contributed by atoms with van der Waals surface area (Å²) in [4.78, 5) is 0. The molecule has 0 atom stereocenters. The first-order chi connectivity index (χ1) is 4.06. The Kier molecular flexibility index (Phi) is 5.00. The van der Waals surface area contributed by atoms with Crippen molar-refractivity contribution in [1.29, 1.82) is 0 Å². The van der Waals surface area contributed by atoms with Crippen molar-refractivity contribution in [3.05, 3.63) is 0 Å². The number of hydrogen-bond acceptors (Lipinski definition) is 0. The van der Waals surface area contributed by atoms with E-state index < -0.39 is 0 Å². The SMILES string of the molecule is CCCCC[C](C)(C)[SnH]. The van der Waals surface area contributed by atoms with Gasteiger partial charge in [0.05, 0.1) is 0 Å². The summed E-state index contributed by atoms with van der Waals surface area (Å²) < 4.78 is 0.681. The molecule has 0 aliphatic rings. The molecule has 0 saturated carbocycles. The van der Waals surface area contributed by atoms with Crippen LogP contribution >= 0.6 is 0 Å². The van der Waals surface area contributed by atoms with E-state index in [1.807, 2.05) is 0 Å². The van der Waals surface area contributed by atoms with Crippen LogP contribution in [0.3, 0.4) is 0 Å². The van der Waals surface area contributed by atoms with Crippen molar-refractivity contribution in [1.82, 2.24) is 0 Å². The van der Waals surface area contributed by atoms with E-state index in [1.165, 1.54) is 48.2 Å². The van der Waals surface area contributed by atoms with Crippen LogP contribution in [0.1, 0.15) is 46.5 Å². The van der Waals surface area contributed by atoms with Crippen LogP contribution in [0.2, 0.25) is 3.43 Å². The van der Waals surface area contributed by atoms with Crippen LogP contribution in [0.5, 0.6) is 0 Å². The van der Waals surface area contributed by atoms with Crippen molar-refractivity contribution < 1.29 is 0 Å². The summed E-state index contributed by atoms with van der Waals surface area (Å²) in [6.07, 6.45) is 5.65. The zero-order valence-electron chi connectivity index (χ0n) is 6.91. The summed E-state index contributed by atoms with van der Waals surface area (Å²) in [6, 6.07) is 0. The van der Waals surface area contributed by atoms with Gasteiger partial charge in [0.15, 0.2) is 0 Å². The van der Waals surface area contributed by atoms with Crippen LogP contribution in [0.4, 0.5) is 0 Å². The molecule has 2 radical (unpaired) electrons. The predicted molar refractivity (Wildman–Crippen MR) is 45.3 cm³/mol. The Morgan fingerprint density at radius 1 is 1.22 bits per heavy atom. The van der Waals surface area contributed by atoms with Gasteiger partial charge in [0.25, 0.3) is 0 Å². The van der Waals surface area contributed by atoms with Gasteiger partial charge >= 0.3 is 72.4 Å². The van der Waals surface area contributed by atoms with Crippen molar-refractivity contribution in [2.45, 2.75) is 49.9 Å². The van der Waals surface area contributed by atoms with Gasteiger partial charge in [0, 0.05) is 0 Å². The fourth-order valence-corrected chi connectivity index (χ4v) is 1.41. The molecule has 0 fully saturated rings. The van der Waals surface area contributed by atoms with Gasteiger partial charge in [-0.2, -0.15) is 0 Å². The monoisotopic (exact) mass is 234 g/mol. The third-order valence-electron chi connectivity index (χ3n) is 1.42. The molecule has 0 aliphatic heterocycles. The summed E-state index contributed by atoms with van der Waals surface area (Å²) in [5.41, 5.74) is 0. The van der Waals surface area contributed by atoms with Gasteiger partial charge in [-0.25, -0.2) is 0 Å². The van der Waals surface area contributed by atoms with E-state index in [2.05, 4.69) is 20.8 Å².